The number of rotatable bonds is 7. The summed E-state index contributed by atoms with van der Waals surface area (Å²) >= 11 is 0. The average Bonchev–Trinajstić information content (AvgIpc) is 2.36. The molecule has 2 unspecified atom stereocenters. The Morgan fingerprint density at radius 1 is 1.14 bits per heavy atom. The molecule has 1 aromatic rings. The van der Waals surface area contributed by atoms with Gasteiger partial charge >= 0.3 is 0 Å². The molecule has 0 saturated carbocycles. The van der Waals surface area contributed by atoms with Crippen LogP contribution in [0.1, 0.15) is 20.8 Å². The fourth-order valence-electron chi connectivity index (χ4n) is 1.92. The largest absolute Gasteiger partial charge is 0.392 e. The van der Waals surface area contributed by atoms with Gasteiger partial charge in [0.15, 0.2) is 0 Å². The van der Waals surface area contributed by atoms with Crippen molar-refractivity contribution < 1.29 is 23.4 Å². The van der Waals surface area contributed by atoms with Crippen molar-refractivity contribution in [2.45, 2.75) is 37.9 Å². The van der Waals surface area contributed by atoms with Crippen molar-refractivity contribution in [3.8, 4) is 0 Å². The third-order valence-corrected chi connectivity index (χ3v) is 4.59. The van der Waals surface area contributed by atoms with E-state index in [0.29, 0.717) is 5.69 Å². The minimum Gasteiger partial charge on any atom is -0.392 e. The molecule has 7 nitrogen and oxygen atoms in total. The summed E-state index contributed by atoms with van der Waals surface area (Å²) in [7, 11) is -3.84. The number of nitrogens with one attached hydrogen (secondary N) is 1. The number of anilines is 1. The SMILES string of the molecule is CC(=O)Nc1ccc(S(=O)(=O)N(CC(C)O)CC(C)O)cc1. The number of aliphatic hydroxyl groups is 2. The first-order valence-corrected chi connectivity index (χ1v) is 8.31. The molecule has 0 radical (unpaired) electrons. The van der Waals surface area contributed by atoms with Crippen LogP contribution >= 0.6 is 0 Å². The highest BCUT2D eigenvalue weighted by Gasteiger charge is 2.26. The van der Waals surface area contributed by atoms with Crippen LogP contribution in [0, 0.1) is 0 Å². The van der Waals surface area contributed by atoms with Crippen molar-refractivity contribution in [1.82, 2.24) is 4.31 Å². The van der Waals surface area contributed by atoms with Crippen LogP contribution in [-0.4, -0.2) is 54.1 Å². The summed E-state index contributed by atoms with van der Waals surface area (Å²) in [5.74, 6) is -0.250. The summed E-state index contributed by atoms with van der Waals surface area (Å²) in [6, 6.07) is 5.71. The predicted molar refractivity (Wildman–Crippen MR) is 82.9 cm³/mol. The van der Waals surface area contributed by atoms with E-state index < -0.39 is 22.2 Å². The van der Waals surface area contributed by atoms with Crippen molar-refractivity contribution in [3.05, 3.63) is 24.3 Å². The van der Waals surface area contributed by atoms with E-state index in [-0.39, 0.29) is 23.9 Å². The van der Waals surface area contributed by atoms with Crippen molar-refractivity contribution in [1.29, 1.82) is 0 Å². The van der Waals surface area contributed by atoms with E-state index in [2.05, 4.69) is 5.32 Å². The molecule has 0 aliphatic carbocycles. The first kappa shape index (κ1) is 18.6. The summed E-state index contributed by atoms with van der Waals surface area (Å²) < 4.78 is 26.1. The molecule has 0 fully saturated rings. The van der Waals surface area contributed by atoms with E-state index in [1.165, 1.54) is 45.0 Å². The van der Waals surface area contributed by atoms with Gasteiger partial charge in [-0.1, -0.05) is 0 Å². The molecule has 0 aliphatic rings. The lowest BCUT2D eigenvalue weighted by molar-refractivity contribution is -0.114. The van der Waals surface area contributed by atoms with Crippen LogP contribution in [0.25, 0.3) is 0 Å². The highest BCUT2D eigenvalue weighted by molar-refractivity contribution is 7.89. The van der Waals surface area contributed by atoms with Crippen LogP contribution in [0.15, 0.2) is 29.2 Å². The van der Waals surface area contributed by atoms with Gasteiger partial charge in [-0.05, 0) is 38.1 Å². The van der Waals surface area contributed by atoms with Crippen LogP contribution in [-0.2, 0) is 14.8 Å². The molecule has 2 atom stereocenters. The van der Waals surface area contributed by atoms with Crippen LogP contribution in [0.3, 0.4) is 0 Å². The van der Waals surface area contributed by atoms with E-state index >= 15 is 0 Å². The second-order valence-electron chi connectivity index (χ2n) is 5.23. The van der Waals surface area contributed by atoms with Gasteiger partial charge in [0.1, 0.15) is 0 Å². The molecule has 0 spiro atoms. The molecular formula is C14H22N2O5S. The number of hydrogen-bond donors (Lipinski definition) is 3. The van der Waals surface area contributed by atoms with Crippen LogP contribution in [0.2, 0.25) is 0 Å². The standard InChI is InChI=1S/C14H22N2O5S/c1-10(17)8-16(9-11(2)18)22(20,21)14-6-4-13(5-7-14)15-12(3)19/h4-7,10-11,17-18H,8-9H2,1-3H3,(H,15,19). The van der Waals surface area contributed by atoms with Crippen molar-refractivity contribution >= 4 is 21.6 Å². The van der Waals surface area contributed by atoms with E-state index in [4.69, 9.17) is 0 Å². The second kappa shape index (κ2) is 7.68. The molecule has 1 amide bonds. The Kier molecular flexibility index (Phi) is 6.48. The van der Waals surface area contributed by atoms with Gasteiger partial charge < -0.3 is 15.5 Å². The number of sulfonamides is 1. The van der Waals surface area contributed by atoms with Crippen LogP contribution < -0.4 is 5.32 Å². The molecule has 0 aliphatic heterocycles. The highest BCUT2D eigenvalue weighted by atomic mass is 32.2. The molecule has 8 heteroatoms. The van der Waals surface area contributed by atoms with E-state index in [0.717, 1.165) is 4.31 Å². The summed E-state index contributed by atoms with van der Waals surface area (Å²) in [6.45, 7) is 4.09. The maximum atomic E-state index is 12.6. The Hall–Kier alpha value is -1.48. The molecule has 124 valence electrons. The summed E-state index contributed by atoms with van der Waals surface area (Å²) in [6.07, 6.45) is -1.71. The van der Waals surface area contributed by atoms with Gasteiger partial charge in [-0.25, -0.2) is 8.42 Å². The number of nitrogens with zero attached hydrogens (tertiary/aromatic N) is 1. The molecular weight excluding hydrogens is 308 g/mol. The van der Waals surface area contributed by atoms with Crippen LogP contribution in [0.4, 0.5) is 5.69 Å². The third-order valence-electron chi connectivity index (χ3n) is 2.75. The Morgan fingerprint density at radius 3 is 1.95 bits per heavy atom. The van der Waals surface area contributed by atoms with Crippen LogP contribution in [0.5, 0.6) is 0 Å². The quantitative estimate of drug-likeness (QED) is 0.671. The number of aliphatic hydroxyl groups excluding tert-OH is 2. The van der Waals surface area contributed by atoms with Gasteiger partial charge in [-0.3, -0.25) is 4.79 Å². The van der Waals surface area contributed by atoms with Crippen molar-refractivity contribution in [2.24, 2.45) is 0 Å². The Balaban J connectivity index is 3.05. The number of benzene rings is 1. The maximum absolute atomic E-state index is 12.6. The minimum atomic E-state index is -3.84. The summed E-state index contributed by atoms with van der Waals surface area (Å²) in [5, 5.41) is 21.5. The monoisotopic (exact) mass is 330 g/mol. The number of hydrogen-bond acceptors (Lipinski definition) is 5. The Morgan fingerprint density at radius 2 is 1.59 bits per heavy atom. The predicted octanol–water partition coefficient (Wildman–Crippen LogP) is 0.397. The van der Waals surface area contributed by atoms with Crippen molar-refractivity contribution in [3.63, 3.8) is 0 Å². The zero-order valence-electron chi connectivity index (χ0n) is 12.9. The molecule has 0 saturated heterocycles. The van der Waals surface area contributed by atoms with Gasteiger partial charge in [0.05, 0.1) is 17.1 Å². The van der Waals surface area contributed by atoms with Gasteiger partial charge in [-0.2, -0.15) is 4.31 Å². The molecule has 22 heavy (non-hydrogen) atoms. The summed E-state index contributed by atoms with van der Waals surface area (Å²) in [4.78, 5) is 11.0. The Labute approximate surface area is 130 Å². The smallest absolute Gasteiger partial charge is 0.243 e. The topological polar surface area (TPSA) is 107 Å². The van der Waals surface area contributed by atoms with E-state index in [1.54, 1.807) is 0 Å². The van der Waals surface area contributed by atoms with Gasteiger partial charge in [0.25, 0.3) is 0 Å². The Bertz CT molecular complexity index is 586. The fraction of sp³-hybridized carbons (Fsp3) is 0.500. The minimum absolute atomic E-state index is 0.0305. The number of carbonyl (C=O) groups excluding carboxylic acids is 1. The third kappa shape index (κ3) is 5.38. The van der Waals surface area contributed by atoms with E-state index in [1.807, 2.05) is 0 Å². The highest BCUT2D eigenvalue weighted by Crippen LogP contribution is 2.19. The second-order valence-corrected chi connectivity index (χ2v) is 7.16. The summed E-state index contributed by atoms with van der Waals surface area (Å²) in [5.41, 5.74) is 0.490. The molecule has 0 aromatic heterocycles. The fourth-order valence-corrected chi connectivity index (χ4v) is 3.52. The first-order chi connectivity index (χ1) is 10.1. The lowest BCUT2D eigenvalue weighted by Gasteiger charge is -2.24. The molecule has 1 rings (SSSR count). The lowest BCUT2D eigenvalue weighted by atomic mass is 10.3. The molecule has 1 aromatic carbocycles. The lowest BCUT2D eigenvalue weighted by Crippen LogP contribution is -2.40. The van der Waals surface area contributed by atoms with E-state index in [9.17, 15) is 23.4 Å². The molecule has 3 N–H and O–H groups in total. The zero-order valence-corrected chi connectivity index (χ0v) is 13.7. The van der Waals surface area contributed by atoms with Crippen molar-refractivity contribution in [2.75, 3.05) is 18.4 Å². The maximum Gasteiger partial charge on any atom is 0.243 e. The number of amides is 1. The first-order valence-electron chi connectivity index (χ1n) is 6.87. The average molecular weight is 330 g/mol. The molecule has 0 bridgehead atoms. The van der Waals surface area contributed by atoms with Gasteiger partial charge in [0.2, 0.25) is 15.9 Å². The van der Waals surface area contributed by atoms with Gasteiger partial charge in [0, 0.05) is 25.7 Å². The molecule has 0 heterocycles. The number of carbonyl (C=O) groups is 1. The zero-order chi connectivity index (χ0) is 16.9. The van der Waals surface area contributed by atoms with Gasteiger partial charge in [-0.15, -0.1) is 0 Å². The normalized spacial score (nSPS) is 14.6.